The first-order valence-electron chi connectivity index (χ1n) is 8.33. The van der Waals surface area contributed by atoms with Crippen molar-refractivity contribution in [2.75, 3.05) is 6.61 Å². The minimum Gasteiger partial charge on any atom is -0.504 e. The third kappa shape index (κ3) is 2.13. The highest BCUT2D eigenvalue weighted by Crippen LogP contribution is 2.60. The summed E-state index contributed by atoms with van der Waals surface area (Å²) in [5.41, 5.74) is 3.28. The molecule has 3 N–H and O–H groups in total. The number of fused-ring (bicyclic) bond motifs is 3. The number of phenols is 2. The molecule has 0 fully saturated rings. The van der Waals surface area contributed by atoms with Crippen molar-refractivity contribution in [3.8, 4) is 11.5 Å². The number of aliphatic hydroxyl groups is 1. The molecule has 3 rings (SSSR count). The van der Waals surface area contributed by atoms with E-state index in [1.807, 2.05) is 19.1 Å². The first kappa shape index (κ1) is 16.1. The maximum atomic E-state index is 10.7. The summed E-state index contributed by atoms with van der Waals surface area (Å²) in [7, 11) is 0. The van der Waals surface area contributed by atoms with E-state index >= 15 is 0 Å². The monoisotopic (exact) mass is 314 g/mol. The molecule has 2 aliphatic carbocycles. The van der Waals surface area contributed by atoms with Crippen molar-refractivity contribution in [2.24, 2.45) is 10.8 Å². The number of phenolic OH excluding ortho intramolecular Hbond substituents is 2. The van der Waals surface area contributed by atoms with Gasteiger partial charge >= 0.3 is 0 Å². The standard InChI is InChI=1S/C20H26O3/c1-12(11-21)14-10-13-7-9-20(4)15(6-5-8-19(20,2)3)16(13)18(23)17(14)22/h6-7,9-10,12,21-23H,5,8,11H2,1-4H3/t12-,20-/m0/s1. The van der Waals surface area contributed by atoms with Crippen LogP contribution in [-0.4, -0.2) is 21.9 Å². The Morgan fingerprint density at radius 3 is 2.52 bits per heavy atom. The van der Waals surface area contributed by atoms with Crippen LogP contribution in [0, 0.1) is 10.8 Å². The summed E-state index contributed by atoms with van der Waals surface area (Å²) < 4.78 is 0. The van der Waals surface area contributed by atoms with Crippen LogP contribution in [0.5, 0.6) is 11.5 Å². The van der Waals surface area contributed by atoms with Crippen LogP contribution in [0.25, 0.3) is 11.6 Å². The molecule has 124 valence electrons. The molecule has 0 saturated heterocycles. The van der Waals surface area contributed by atoms with Crippen molar-refractivity contribution in [1.82, 2.24) is 0 Å². The maximum Gasteiger partial charge on any atom is 0.166 e. The van der Waals surface area contributed by atoms with Crippen LogP contribution in [0.2, 0.25) is 0 Å². The third-order valence-electron chi connectivity index (χ3n) is 6.09. The van der Waals surface area contributed by atoms with Gasteiger partial charge in [0.2, 0.25) is 0 Å². The van der Waals surface area contributed by atoms with Gasteiger partial charge in [0.15, 0.2) is 11.5 Å². The second-order valence-electron chi connectivity index (χ2n) is 7.79. The summed E-state index contributed by atoms with van der Waals surface area (Å²) >= 11 is 0. The topological polar surface area (TPSA) is 60.7 Å². The van der Waals surface area contributed by atoms with Crippen LogP contribution >= 0.6 is 0 Å². The fourth-order valence-electron chi connectivity index (χ4n) is 3.94. The van der Waals surface area contributed by atoms with Crippen LogP contribution in [0.1, 0.15) is 63.1 Å². The molecular weight excluding hydrogens is 288 g/mol. The number of hydrogen-bond donors (Lipinski definition) is 3. The van der Waals surface area contributed by atoms with E-state index in [4.69, 9.17) is 0 Å². The van der Waals surface area contributed by atoms with Crippen molar-refractivity contribution in [1.29, 1.82) is 0 Å². The van der Waals surface area contributed by atoms with Gasteiger partial charge in [0.05, 0.1) is 0 Å². The van der Waals surface area contributed by atoms with E-state index in [1.54, 1.807) is 0 Å². The molecule has 0 saturated carbocycles. The van der Waals surface area contributed by atoms with Crippen LogP contribution in [0.15, 0.2) is 18.2 Å². The lowest BCUT2D eigenvalue weighted by molar-refractivity contribution is 0.182. The predicted molar refractivity (Wildman–Crippen MR) is 93.4 cm³/mol. The molecule has 0 aromatic heterocycles. The van der Waals surface area contributed by atoms with Crippen molar-refractivity contribution >= 4 is 11.6 Å². The summed E-state index contributed by atoms with van der Waals surface area (Å²) in [5.74, 6) is -0.380. The highest BCUT2D eigenvalue weighted by atomic mass is 16.3. The zero-order valence-electron chi connectivity index (χ0n) is 14.3. The number of hydrogen-bond acceptors (Lipinski definition) is 3. The highest BCUT2D eigenvalue weighted by Gasteiger charge is 2.46. The first-order valence-corrected chi connectivity index (χ1v) is 8.33. The van der Waals surface area contributed by atoms with Gasteiger partial charge in [0.1, 0.15) is 0 Å². The van der Waals surface area contributed by atoms with Gasteiger partial charge in [-0.2, -0.15) is 0 Å². The van der Waals surface area contributed by atoms with Gasteiger partial charge in [-0.15, -0.1) is 0 Å². The van der Waals surface area contributed by atoms with Crippen molar-refractivity contribution in [3.05, 3.63) is 34.9 Å². The minimum absolute atomic E-state index is 0.0580. The fourth-order valence-corrected chi connectivity index (χ4v) is 3.94. The molecule has 0 spiro atoms. The molecule has 0 amide bonds. The van der Waals surface area contributed by atoms with Crippen LogP contribution in [-0.2, 0) is 0 Å². The molecule has 0 unspecified atom stereocenters. The van der Waals surface area contributed by atoms with Crippen LogP contribution in [0.4, 0.5) is 0 Å². The SMILES string of the molecule is C[C@@H](CO)c1cc2c(c(O)c1O)C1=CCCC(C)(C)[C@@]1(C)C=C2. The van der Waals surface area contributed by atoms with Crippen LogP contribution in [0.3, 0.4) is 0 Å². The molecule has 23 heavy (non-hydrogen) atoms. The summed E-state index contributed by atoms with van der Waals surface area (Å²) in [6.45, 7) is 8.49. The molecule has 0 bridgehead atoms. The van der Waals surface area contributed by atoms with E-state index in [0.717, 1.165) is 29.5 Å². The zero-order valence-corrected chi connectivity index (χ0v) is 14.3. The van der Waals surface area contributed by atoms with Gasteiger partial charge in [0.25, 0.3) is 0 Å². The van der Waals surface area contributed by atoms with Gasteiger partial charge in [-0.3, -0.25) is 0 Å². The zero-order chi connectivity index (χ0) is 17.0. The maximum absolute atomic E-state index is 10.7. The minimum atomic E-state index is -0.218. The Morgan fingerprint density at radius 1 is 1.17 bits per heavy atom. The number of aliphatic hydroxyl groups excluding tert-OH is 1. The normalized spacial score (nSPS) is 26.2. The van der Waals surface area contributed by atoms with E-state index in [1.165, 1.54) is 0 Å². The Balaban J connectivity index is 2.26. The number of benzene rings is 1. The number of aromatic hydroxyl groups is 2. The van der Waals surface area contributed by atoms with Crippen molar-refractivity contribution < 1.29 is 15.3 Å². The highest BCUT2D eigenvalue weighted by molar-refractivity contribution is 5.89. The second-order valence-corrected chi connectivity index (χ2v) is 7.79. The van der Waals surface area contributed by atoms with Crippen LogP contribution < -0.4 is 0 Å². The Bertz CT molecular complexity index is 712. The Labute approximate surface area is 138 Å². The van der Waals surface area contributed by atoms with Gasteiger partial charge < -0.3 is 15.3 Å². The van der Waals surface area contributed by atoms with Gasteiger partial charge in [0, 0.05) is 29.1 Å². The quantitative estimate of drug-likeness (QED) is 0.708. The van der Waals surface area contributed by atoms with Crippen molar-refractivity contribution in [2.45, 2.75) is 46.5 Å². The molecule has 0 radical (unpaired) electrons. The first-order chi connectivity index (χ1) is 10.7. The molecule has 2 atom stereocenters. The molecule has 0 heterocycles. The summed E-state index contributed by atoms with van der Waals surface area (Å²) in [6, 6.07) is 1.89. The Morgan fingerprint density at radius 2 is 1.87 bits per heavy atom. The van der Waals surface area contributed by atoms with Gasteiger partial charge in [-0.25, -0.2) is 0 Å². The number of allylic oxidation sites excluding steroid dienone is 3. The average molecular weight is 314 g/mol. The lowest BCUT2D eigenvalue weighted by atomic mass is 9.55. The molecule has 2 aliphatic rings. The molecule has 0 aliphatic heterocycles. The van der Waals surface area contributed by atoms with Crippen molar-refractivity contribution in [3.63, 3.8) is 0 Å². The van der Waals surface area contributed by atoms with E-state index in [0.29, 0.717) is 5.56 Å². The molecule has 1 aromatic carbocycles. The predicted octanol–water partition coefficient (Wildman–Crippen LogP) is 4.43. The number of rotatable bonds is 2. The largest absolute Gasteiger partial charge is 0.504 e. The fraction of sp³-hybridized carbons (Fsp3) is 0.500. The van der Waals surface area contributed by atoms with E-state index in [-0.39, 0.29) is 34.9 Å². The molecule has 1 aromatic rings. The van der Waals surface area contributed by atoms with E-state index < -0.39 is 0 Å². The lowest BCUT2D eigenvalue weighted by Gasteiger charge is -2.49. The smallest absolute Gasteiger partial charge is 0.166 e. The molecule has 3 heteroatoms. The lowest BCUT2D eigenvalue weighted by Crippen LogP contribution is -2.38. The second kappa shape index (κ2) is 5.13. The Hall–Kier alpha value is -1.74. The molecule has 3 nitrogen and oxygen atoms in total. The summed E-state index contributed by atoms with van der Waals surface area (Å²) in [4.78, 5) is 0. The molecular formula is C20H26O3. The van der Waals surface area contributed by atoms with E-state index in [2.05, 4.69) is 32.9 Å². The van der Waals surface area contributed by atoms with Gasteiger partial charge in [-0.1, -0.05) is 45.9 Å². The van der Waals surface area contributed by atoms with Gasteiger partial charge in [-0.05, 0) is 35.5 Å². The summed E-state index contributed by atoms with van der Waals surface area (Å²) in [6.07, 6.45) is 8.54. The summed E-state index contributed by atoms with van der Waals surface area (Å²) in [5, 5.41) is 30.5. The average Bonchev–Trinajstić information content (AvgIpc) is 2.51. The Kier molecular flexibility index (Phi) is 3.60. The van der Waals surface area contributed by atoms with E-state index in [9.17, 15) is 15.3 Å². The third-order valence-corrected chi connectivity index (χ3v) is 6.09.